The van der Waals surface area contributed by atoms with Crippen molar-refractivity contribution < 1.29 is 80.2 Å². The van der Waals surface area contributed by atoms with Crippen LogP contribution in [0, 0.1) is 5.92 Å². The number of phosphoric ester groups is 2. The Kier molecular flexibility index (Phi) is 82.1. The molecule has 0 heterocycles. The van der Waals surface area contributed by atoms with Crippen molar-refractivity contribution in [3.63, 3.8) is 0 Å². The highest BCUT2D eigenvalue weighted by molar-refractivity contribution is 7.47. The van der Waals surface area contributed by atoms with E-state index in [1.54, 1.807) is 0 Å². The van der Waals surface area contributed by atoms with Gasteiger partial charge in [0.25, 0.3) is 0 Å². The van der Waals surface area contributed by atoms with Gasteiger partial charge in [0.05, 0.1) is 26.4 Å². The molecule has 0 saturated carbocycles. The van der Waals surface area contributed by atoms with E-state index in [1.807, 2.05) is 0 Å². The second-order valence-corrected chi connectivity index (χ2v) is 36.1. The van der Waals surface area contributed by atoms with E-state index in [4.69, 9.17) is 37.0 Å². The fraction of sp³-hybridized carbons (Fsp3) is 0.956. The predicted molar refractivity (Wildman–Crippen MR) is 455 cm³/mol. The van der Waals surface area contributed by atoms with Crippen molar-refractivity contribution in [1.82, 2.24) is 0 Å². The molecule has 3 N–H and O–H groups in total. The Bertz CT molecular complexity index is 2080. The number of carbonyl (C=O) groups is 4. The number of rotatable bonds is 91. The van der Waals surface area contributed by atoms with Crippen molar-refractivity contribution in [2.75, 3.05) is 39.6 Å². The molecule has 5 atom stereocenters. The van der Waals surface area contributed by atoms with Gasteiger partial charge in [0, 0.05) is 25.7 Å². The number of aliphatic hydroxyl groups is 1. The third kappa shape index (κ3) is 84.0. The van der Waals surface area contributed by atoms with Gasteiger partial charge in [-0.3, -0.25) is 37.3 Å². The average Bonchev–Trinajstić information content (AvgIpc) is 0.897. The number of hydrogen-bond donors (Lipinski definition) is 3. The van der Waals surface area contributed by atoms with Crippen molar-refractivity contribution in [3.8, 4) is 0 Å². The maximum atomic E-state index is 13.2. The first kappa shape index (κ1) is 108. The maximum Gasteiger partial charge on any atom is 0.472 e. The molecule has 0 aliphatic heterocycles. The molecule has 0 aromatic heterocycles. The highest BCUT2D eigenvalue weighted by atomic mass is 31.2. The molecule has 0 aromatic carbocycles. The molecule has 0 aliphatic rings. The number of aliphatic hydroxyl groups excluding tert-OH is 1. The van der Waals surface area contributed by atoms with Crippen molar-refractivity contribution in [3.05, 3.63) is 0 Å². The Morgan fingerprint density at radius 2 is 0.418 bits per heavy atom. The Balaban J connectivity index is 5.25. The zero-order chi connectivity index (χ0) is 80.4. The zero-order valence-electron chi connectivity index (χ0n) is 72.4. The lowest BCUT2D eigenvalue weighted by Crippen LogP contribution is -2.30. The van der Waals surface area contributed by atoms with Gasteiger partial charge in [-0.1, -0.05) is 446 Å². The summed E-state index contributed by atoms with van der Waals surface area (Å²) >= 11 is 0. The first-order chi connectivity index (χ1) is 53.5. The Labute approximate surface area is 677 Å². The van der Waals surface area contributed by atoms with Crippen LogP contribution in [-0.4, -0.2) is 96.7 Å². The molecule has 0 saturated heterocycles. The number of esters is 4. The normalized spacial score (nSPS) is 13.7. The van der Waals surface area contributed by atoms with Crippen LogP contribution in [0.3, 0.4) is 0 Å². The molecule has 110 heavy (non-hydrogen) atoms. The molecule has 17 nitrogen and oxygen atoms in total. The van der Waals surface area contributed by atoms with Crippen molar-refractivity contribution in [1.29, 1.82) is 0 Å². The first-order valence-electron chi connectivity index (χ1n) is 47.1. The number of unbranched alkanes of at least 4 members (excludes halogenated alkanes) is 63. The van der Waals surface area contributed by atoms with Crippen molar-refractivity contribution >= 4 is 39.5 Å². The summed E-state index contributed by atoms with van der Waals surface area (Å²) in [5.41, 5.74) is 0. The number of phosphoric acid groups is 2. The first-order valence-corrected chi connectivity index (χ1v) is 50.1. The molecule has 654 valence electrons. The molecule has 0 amide bonds. The lowest BCUT2D eigenvalue weighted by Gasteiger charge is -2.21. The molecule has 0 radical (unpaired) electrons. The molecule has 0 rings (SSSR count). The molecule has 2 unspecified atom stereocenters. The van der Waals surface area contributed by atoms with Crippen LogP contribution in [0.4, 0.5) is 0 Å². The van der Waals surface area contributed by atoms with E-state index >= 15 is 0 Å². The van der Waals surface area contributed by atoms with E-state index in [0.717, 1.165) is 95.8 Å². The van der Waals surface area contributed by atoms with Gasteiger partial charge in [-0.25, -0.2) is 9.13 Å². The van der Waals surface area contributed by atoms with Crippen LogP contribution >= 0.6 is 15.6 Å². The van der Waals surface area contributed by atoms with E-state index < -0.39 is 97.5 Å². The molecule has 0 bridgehead atoms. The number of hydrogen-bond acceptors (Lipinski definition) is 15. The van der Waals surface area contributed by atoms with Crippen LogP contribution in [0.15, 0.2) is 0 Å². The lowest BCUT2D eigenvalue weighted by molar-refractivity contribution is -0.161. The highest BCUT2D eigenvalue weighted by Crippen LogP contribution is 2.45. The number of ether oxygens (including phenoxy) is 4. The van der Waals surface area contributed by atoms with Gasteiger partial charge in [0.1, 0.15) is 19.3 Å². The minimum Gasteiger partial charge on any atom is -0.462 e. The summed E-state index contributed by atoms with van der Waals surface area (Å²) in [5.74, 6) is -1.30. The van der Waals surface area contributed by atoms with Crippen LogP contribution in [0.2, 0.25) is 0 Å². The van der Waals surface area contributed by atoms with Gasteiger partial charge in [-0.2, -0.15) is 0 Å². The quantitative estimate of drug-likeness (QED) is 0.0222. The fourth-order valence-electron chi connectivity index (χ4n) is 14.4. The third-order valence-corrected chi connectivity index (χ3v) is 23.4. The topological polar surface area (TPSA) is 237 Å². The van der Waals surface area contributed by atoms with E-state index in [9.17, 15) is 43.2 Å². The average molecular weight is 1610 g/mol. The predicted octanol–water partition coefficient (Wildman–Crippen LogP) is 28.3. The fourth-order valence-corrected chi connectivity index (χ4v) is 15.9. The van der Waals surface area contributed by atoms with Crippen LogP contribution < -0.4 is 0 Å². The lowest BCUT2D eigenvalue weighted by atomic mass is 10.0. The monoisotopic (exact) mass is 1610 g/mol. The molecule has 19 heteroatoms. The second kappa shape index (κ2) is 83.5. The van der Waals surface area contributed by atoms with Gasteiger partial charge in [0.15, 0.2) is 12.2 Å². The standard InChI is InChI=1S/C91H178O17P2/c1-6-9-12-15-18-21-24-27-29-31-33-34-36-38-40-46-51-56-61-66-71-76-90(95)107-87(81-102-89(94)75-70-65-60-55-50-45-39-37-35-32-30-28-25-22-19-16-13-10-7-2)83-106-110(99,100)104-79-85(92)78-103-109(97,98)105-82-86(80-101-88(93)74-69-64-59-54-49-43-26-23-20-17-14-11-8-3)108-91(96)77-72-67-62-57-52-47-42-41-44-48-53-58-63-68-73-84(4)5/h84-87,92H,6-83H2,1-5H3,(H,97,98)(H,99,100)/t85-,86+,87+/m0/s1. The van der Waals surface area contributed by atoms with Gasteiger partial charge in [-0.15, -0.1) is 0 Å². The minimum atomic E-state index is -4.97. The maximum absolute atomic E-state index is 13.2. The summed E-state index contributed by atoms with van der Waals surface area (Å²) in [6.45, 7) is 7.42. The van der Waals surface area contributed by atoms with Gasteiger partial charge in [0.2, 0.25) is 0 Å². The van der Waals surface area contributed by atoms with E-state index in [-0.39, 0.29) is 25.7 Å². The van der Waals surface area contributed by atoms with Gasteiger partial charge >= 0.3 is 39.5 Å². The SMILES string of the molecule is CCCCCCCCCCCCCCCCCCCCCCCC(=O)O[C@H](COC(=O)CCCCCCCCCCCCCCCCCCCCC)COP(=O)(O)OC[C@@H](O)COP(=O)(O)OC[C@@H](COC(=O)CCCCCCCCCCCCCCC)OC(=O)CCCCCCCCCCCCCCCCC(C)C. The molecule has 0 spiro atoms. The van der Waals surface area contributed by atoms with Crippen LogP contribution in [-0.2, 0) is 65.4 Å². The molecular weight excluding hydrogens is 1430 g/mol. The zero-order valence-corrected chi connectivity index (χ0v) is 74.2. The Morgan fingerprint density at radius 1 is 0.245 bits per heavy atom. The second-order valence-electron chi connectivity index (χ2n) is 33.2. The Morgan fingerprint density at radius 3 is 0.618 bits per heavy atom. The van der Waals surface area contributed by atoms with Gasteiger partial charge in [-0.05, 0) is 31.6 Å². The van der Waals surface area contributed by atoms with E-state index in [0.29, 0.717) is 25.7 Å². The summed E-state index contributed by atoms with van der Waals surface area (Å²) in [5, 5.41) is 10.7. The van der Waals surface area contributed by atoms with E-state index in [1.165, 1.54) is 321 Å². The summed E-state index contributed by atoms with van der Waals surface area (Å²) in [7, 11) is -9.94. The molecule has 0 aliphatic carbocycles. The van der Waals surface area contributed by atoms with Crippen molar-refractivity contribution in [2.24, 2.45) is 5.92 Å². The Hall–Kier alpha value is -1.94. The molecular formula is C91H178O17P2. The van der Waals surface area contributed by atoms with Crippen LogP contribution in [0.5, 0.6) is 0 Å². The van der Waals surface area contributed by atoms with Crippen LogP contribution in [0.25, 0.3) is 0 Å². The molecule has 0 fully saturated rings. The van der Waals surface area contributed by atoms with Crippen LogP contribution in [0.1, 0.15) is 497 Å². The minimum absolute atomic E-state index is 0.109. The highest BCUT2D eigenvalue weighted by Gasteiger charge is 2.31. The smallest absolute Gasteiger partial charge is 0.462 e. The summed E-state index contributed by atoms with van der Waals surface area (Å²) in [4.78, 5) is 73.4. The summed E-state index contributed by atoms with van der Waals surface area (Å²) in [6.07, 6.45) is 79.2. The third-order valence-electron chi connectivity index (χ3n) is 21.5. The summed E-state index contributed by atoms with van der Waals surface area (Å²) < 4.78 is 69.1. The van der Waals surface area contributed by atoms with E-state index in [2.05, 4.69) is 34.6 Å². The van der Waals surface area contributed by atoms with Crippen molar-refractivity contribution in [2.45, 2.75) is 515 Å². The largest absolute Gasteiger partial charge is 0.472 e. The van der Waals surface area contributed by atoms with Gasteiger partial charge < -0.3 is 33.8 Å². The summed E-state index contributed by atoms with van der Waals surface area (Å²) in [6, 6.07) is 0. The molecule has 0 aromatic rings. The number of carbonyl (C=O) groups excluding carboxylic acids is 4.